The molecule has 4 aromatic carbocycles. The lowest BCUT2D eigenvalue weighted by Crippen LogP contribution is -2.30. The van der Waals surface area contributed by atoms with Crippen LogP contribution < -0.4 is 21.2 Å². The van der Waals surface area contributed by atoms with Gasteiger partial charge in [-0.3, -0.25) is 0 Å². The Bertz CT molecular complexity index is 1140. The summed E-state index contributed by atoms with van der Waals surface area (Å²) in [7, 11) is -2.05. The maximum absolute atomic E-state index is 3.90. The topological polar surface area (TPSA) is 12.0 Å². The van der Waals surface area contributed by atoms with Crippen LogP contribution >= 0.6 is 7.26 Å². The average molecular weight is 479 g/mol. The second-order valence-electron chi connectivity index (χ2n) is 9.79. The third kappa shape index (κ3) is 5.26. The molecule has 4 aromatic rings. The Hall–Kier alpha value is -3.15. The summed E-state index contributed by atoms with van der Waals surface area (Å²) in [4.78, 5) is 0. The van der Waals surface area contributed by atoms with Crippen LogP contribution in [0.1, 0.15) is 57.6 Å². The lowest BCUT2D eigenvalue weighted by atomic mass is 9.92. The lowest BCUT2D eigenvalue weighted by Gasteiger charge is -2.26. The van der Waals surface area contributed by atoms with Crippen LogP contribution in [0, 0.1) is 0 Å². The van der Waals surface area contributed by atoms with Crippen molar-refractivity contribution in [1.82, 2.24) is 0 Å². The molecule has 0 atom stereocenters. The molecular weight excluding hydrogens is 441 g/mol. The van der Waals surface area contributed by atoms with Gasteiger partial charge in [-0.25, -0.2) is 0 Å². The molecule has 0 amide bonds. The number of anilines is 1. The Morgan fingerprint density at radius 3 is 1.29 bits per heavy atom. The quantitative estimate of drug-likeness (QED) is 0.252. The molecule has 0 bridgehead atoms. The van der Waals surface area contributed by atoms with Gasteiger partial charge in [0, 0.05) is 11.4 Å². The van der Waals surface area contributed by atoms with Gasteiger partial charge >= 0.3 is 0 Å². The molecule has 178 valence electrons. The van der Waals surface area contributed by atoms with Crippen LogP contribution in [0.3, 0.4) is 0 Å². The van der Waals surface area contributed by atoms with E-state index < -0.39 is 7.26 Å². The highest BCUT2D eigenvalue weighted by Crippen LogP contribution is 2.57. The molecular formula is C33H37NP+. The summed E-state index contributed by atoms with van der Waals surface area (Å²) in [6, 6.07) is 39.8. The van der Waals surface area contributed by atoms with Gasteiger partial charge in [-0.2, -0.15) is 0 Å². The van der Waals surface area contributed by atoms with Crippen molar-refractivity contribution < 1.29 is 0 Å². The van der Waals surface area contributed by atoms with Gasteiger partial charge < -0.3 is 5.32 Å². The Morgan fingerprint density at radius 1 is 0.571 bits per heavy atom. The van der Waals surface area contributed by atoms with Crippen molar-refractivity contribution in [3.8, 4) is 0 Å². The summed E-state index contributed by atoms with van der Waals surface area (Å²) < 4.78 is 0. The third-order valence-corrected chi connectivity index (χ3v) is 10.7. The Balaban J connectivity index is 1.95. The highest BCUT2D eigenvalue weighted by Gasteiger charge is 2.44. The summed E-state index contributed by atoms with van der Waals surface area (Å²) in [6.07, 6.45) is 0. The minimum Gasteiger partial charge on any atom is -0.356 e. The molecule has 0 saturated carbocycles. The molecule has 0 aliphatic carbocycles. The van der Waals surface area contributed by atoms with Gasteiger partial charge in [-0.1, -0.05) is 100 Å². The molecule has 35 heavy (non-hydrogen) atoms. The van der Waals surface area contributed by atoms with E-state index in [4.69, 9.17) is 0 Å². The highest BCUT2D eigenvalue weighted by atomic mass is 31.2. The molecule has 0 heterocycles. The first-order valence-corrected chi connectivity index (χ1v) is 14.4. The van der Waals surface area contributed by atoms with Crippen LogP contribution in [-0.2, 0) is 0 Å². The molecule has 0 unspecified atom stereocenters. The van der Waals surface area contributed by atoms with Crippen molar-refractivity contribution in [2.24, 2.45) is 0 Å². The van der Waals surface area contributed by atoms with E-state index in [9.17, 15) is 0 Å². The maximum Gasteiger partial charge on any atom is 0.138 e. The van der Waals surface area contributed by atoms with Crippen LogP contribution in [0.2, 0.25) is 0 Å². The van der Waals surface area contributed by atoms with Crippen LogP contribution in [0.5, 0.6) is 0 Å². The minimum atomic E-state index is -2.05. The van der Waals surface area contributed by atoms with Crippen LogP contribution in [0.25, 0.3) is 0 Å². The molecule has 1 nitrogen and oxygen atoms in total. The number of hydrogen-bond acceptors (Lipinski definition) is 1. The fourth-order valence-corrected chi connectivity index (χ4v) is 8.79. The summed E-state index contributed by atoms with van der Waals surface area (Å²) in [6.45, 7) is 11.3. The van der Waals surface area contributed by atoms with Gasteiger partial charge in [0.2, 0.25) is 0 Å². The molecule has 1 N–H and O–H groups in total. The molecule has 4 rings (SSSR count). The van der Waals surface area contributed by atoms with Gasteiger partial charge in [0.05, 0.1) is 5.82 Å². The fourth-order valence-electron chi connectivity index (χ4n) is 4.88. The fraction of sp³-hybridized carbons (Fsp3) is 0.212. The first-order valence-electron chi connectivity index (χ1n) is 12.6. The Kier molecular flexibility index (Phi) is 7.89. The summed E-state index contributed by atoms with van der Waals surface area (Å²) in [5, 5.41) is 7.98. The number of nitrogens with one attached hydrogen (secondary N) is 1. The Labute approximate surface area is 212 Å². The van der Waals surface area contributed by atoms with Crippen molar-refractivity contribution in [1.29, 1.82) is 0 Å². The first kappa shape index (κ1) is 25.0. The predicted molar refractivity (Wildman–Crippen MR) is 157 cm³/mol. The summed E-state index contributed by atoms with van der Waals surface area (Å²) in [5.74, 6) is 3.41. The van der Waals surface area contributed by atoms with Gasteiger partial charge in [0.25, 0.3) is 0 Å². The lowest BCUT2D eigenvalue weighted by molar-refractivity contribution is 0.837. The largest absolute Gasteiger partial charge is 0.356 e. The smallest absolute Gasteiger partial charge is 0.138 e. The van der Waals surface area contributed by atoms with Crippen LogP contribution in [0.15, 0.2) is 121 Å². The molecule has 0 aromatic heterocycles. The van der Waals surface area contributed by atoms with Gasteiger partial charge in [-0.15, -0.1) is 0 Å². The Morgan fingerprint density at radius 2 is 0.943 bits per heavy atom. The summed E-state index contributed by atoms with van der Waals surface area (Å²) in [5.41, 5.74) is 5.18. The van der Waals surface area contributed by atoms with E-state index in [2.05, 4.69) is 155 Å². The van der Waals surface area contributed by atoms with E-state index in [1.165, 1.54) is 38.4 Å². The zero-order valence-corrected chi connectivity index (χ0v) is 22.5. The van der Waals surface area contributed by atoms with E-state index >= 15 is 0 Å². The maximum atomic E-state index is 3.90. The average Bonchev–Trinajstić information content (AvgIpc) is 2.88. The number of para-hydroxylation sites is 1. The SMILES string of the molecule is C/C(=C\[P+](c1ccccc1)(c1ccccc1)c1ccccc1)Nc1c(C(C)C)cccc1C(C)C. The molecule has 2 heteroatoms. The van der Waals surface area contributed by atoms with Gasteiger partial charge in [0.1, 0.15) is 23.2 Å². The second-order valence-corrected chi connectivity index (χ2v) is 13.0. The molecule has 0 spiro atoms. The van der Waals surface area contributed by atoms with Crippen molar-refractivity contribution in [3.63, 3.8) is 0 Å². The third-order valence-electron chi connectivity index (χ3n) is 6.57. The van der Waals surface area contributed by atoms with Crippen molar-refractivity contribution in [2.45, 2.75) is 46.5 Å². The van der Waals surface area contributed by atoms with Crippen LogP contribution in [-0.4, -0.2) is 0 Å². The zero-order chi connectivity index (χ0) is 24.8. The molecule has 0 aliphatic heterocycles. The van der Waals surface area contributed by atoms with E-state index in [0.717, 1.165) is 0 Å². The van der Waals surface area contributed by atoms with Crippen LogP contribution in [0.4, 0.5) is 5.69 Å². The number of rotatable bonds is 8. The van der Waals surface area contributed by atoms with E-state index in [1.54, 1.807) is 0 Å². The van der Waals surface area contributed by atoms with Crippen molar-refractivity contribution >= 4 is 28.9 Å². The van der Waals surface area contributed by atoms with Gasteiger partial charge in [-0.05, 0) is 66.3 Å². The van der Waals surface area contributed by atoms with Crippen molar-refractivity contribution in [3.05, 3.63) is 132 Å². The number of allylic oxidation sites excluding steroid dienone is 1. The van der Waals surface area contributed by atoms with Crippen molar-refractivity contribution in [2.75, 3.05) is 5.32 Å². The standard InChI is InChI=1S/C33H37NP/c1-25(2)31-22-15-23-32(26(3)4)33(31)34-27(5)24-35(28-16-9-6-10-17-28,29-18-11-7-12-19-29)30-20-13-8-14-21-30/h6-26,34H,1-5H3/q+1/b27-24+. The monoisotopic (exact) mass is 478 g/mol. The number of hydrogen-bond donors (Lipinski definition) is 1. The molecule has 0 fully saturated rings. The molecule has 0 radical (unpaired) electrons. The predicted octanol–water partition coefficient (Wildman–Crippen LogP) is 8.20. The minimum absolute atomic E-state index is 0.445. The first-order chi connectivity index (χ1) is 16.9. The number of benzene rings is 4. The zero-order valence-electron chi connectivity index (χ0n) is 21.6. The second kappa shape index (κ2) is 11.1. The van der Waals surface area contributed by atoms with E-state index in [-0.39, 0.29) is 0 Å². The normalized spacial score (nSPS) is 12.3. The molecule has 0 aliphatic rings. The summed E-state index contributed by atoms with van der Waals surface area (Å²) >= 11 is 0. The molecule has 0 saturated heterocycles. The van der Waals surface area contributed by atoms with E-state index in [1.807, 2.05) is 0 Å². The highest BCUT2D eigenvalue weighted by molar-refractivity contribution is 7.98. The van der Waals surface area contributed by atoms with Gasteiger partial charge in [0.15, 0.2) is 0 Å². The van der Waals surface area contributed by atoms with E-state index in [0.29, 0.717) is 11.8 Å².